The highest BCUT2D eigenvalue weighted by molar-refractivity contribution is 5.47. The van der Waals surface area contributed by atoms with Gasteiger partial charge in [-0.25, -0.2) is 8.78 Å². The molecule has 20 heavy (non-hydrogen) atoms. The van der Waals surface area contributed by atoms with Crippen LogP contribution < -0.4 is 0 Å². The normalized spacial score (nSPS) is 25.4. The zero-order chi connectivity index (χ0) is 14.7. The van der Waals surface area contributed by atoms with Gasteiger partial charge in [-0.05, 0) is 34.7 Å². The van der Waals surface area contributed by atoms with E-state index in [0.717, 1.165) is 18.7 Å². The van der Waals surface area contributed by atoms with Crippen LogP contribution in [0.1, 0.15) is 55.4 Å². The molecular weight excluding hydrogens is 256 g/mol. The Morgan fingerprint density at radius 3 is 2.50 bits per heavy atom. The smallest absolute Gasteiger partial charge is 0.252 e. The summed E-state index contributed by atoms with van der Waals surface area (Å²) in [7, 11) is 2.03. The summed E-state index contributed by atoms with van der Waals surface area (Å²) in [5.41, 5.74) is 4.56. The summed E-state index contributed by atoms with van der Waals surface area (Å²) in [5, 5.41) is 0. The molecule has 1 aliphatic heterocycles. The summed E-state index contributed by atoms with van der Waals surface area (Å²) < 4.78 is 28.0. The molecule has 0 fully saturated rings. The van der Waals surface area contributed by atoms with Gasteiger partial charge in [0, 0.05) is 31.8 Å². The van der Waals surface area contributed by atoms with Crippen molar-refractivity contribution in [3.63, 3.8) is 0 Å². The summed E-state index contributed by atoms with van der Waals surface area (Å²) in [6.45, 7) is 8.07. The molecule has 0 N–H and O–H groups in total. The van der Waals surface area contributed by atoms with Crippen molar-refractivity contribution in [1.82, 2.24) is 4.90 Å². The SMILES string of the molecule is CN1Cc2cc(C(C)(C)C)cc3c2[C@H](C1)CC(F)(F)C3. The van der Waals surface area contributed by atoms with E-state index in [4.69, 9.17) is 0 Å². The summed E-state index contributed by atoms with van der Waals surface area (Å²) in [6.07, 6.45) is -0.0777. The van der Waals surface area contributed by atoms with Crippen LogP contribution >= 0.6 is 0 Å². The Labute approximate surface area is 120 Å². The van der Waals surface area contributed by atoms with Gasteiger partial charge in [0.25, 0.3) is 5.92 Å². The van der Waals surface area contributed by atoms with Gasteiger partial charge in [-0.3, -0.25) is 0 Å². The number of halogens is 2. The molecule has 0 aromatic heterocycles. The van der Waals surface area contributed by atoms with Crippen molar-refractivity contribution in [2.24, 2.45) is 0 Å². The van der Waals surface area contributed by atoms with Gasteiger partial charge in [-0.1, -0.05) is 32.9 Å². The van der Waals surface area contributed by atoms with Crippen molar-refractivity contribution in [3.05, 3.63) is 34.4 Å². The second-order valence-electron chi connectivity index (χ2n) is 7.59. The minimum Gasteiger partial charge on any atom is -0.301 e. The predicted octanol–water partition coefficient (Wildman–Crippen LogP) is 4.09. The first kappa shape index (κ1) is 14.0. The van der Waals surface area contributed by atoms with Crippen LogP contribution in [0.3, 0.4) is 0 Å². The summed E-state index contributed by atoms with van der Waals surface area (Å²) >= 11 is 0. The van der Waals surface area contributed by atoms with Gasteiger partial charge in [0.15, 0.2) is 0 Å². The maximum absolute atomic E-state index is 14.0. The van der Waals surface area contributed by atoms with Crippen LogP contribution in [0.4, 0.5) is 8.78 Å². The van der Waals surface area contributed by atoms with Crippen molar-refractivity contribution >= 4 is 0 Å². The Hall–Kier alpha value is -0.960. The average molecular weight is 279 g/mol. The first-order chi connectivity index (χ1) is 9.16. The standard InChI is InChI=1S/C17H23F2N/c1-16(2,3)14-5-11-7-17(18,19)8-13-10-20(4)9-12(6-14)15(11)13/h5-6,13H,7-10H2,1-4H3/t13-/m0/s1. The highest BCUT2D eigenvalue weighted by Crippen LogP contribution is 2.45. The van der Waals surface area contributed by atoms with Crippen LogP contribution in [0.2, 0.25) is 0 Å². The molecule has 0 bridgehead atoms. The molecule has 1 aromatic rings. The lowest BCUT2D eigenvalue weighted by Crippen LogP contribution is -2.39. The third kappa shape index (κ3) is 2.37. The van der Waals surface area contributed by atoms with Crippen LogP contribution in [0.15, 0.2) is 12.1 Å². The number of nitrogens with zero attached hydrogens (tertiary/aromatic N) is 1. The molecule has 1 atom stereocenters. The molecule has 0 saturated heterocycles. The van der Waals surface area contributed by atoms with Crippen molar-refractivity contribution in [2.45, 2.75) is 57.4 Å². The average Bonchev–Trinajstić information content (AvgIpc) is 2.23. The van der Waals surface area contributed by atoms with Crippen molar-refractivity contribution < 1.29 is 8.78 Å². The molecule has 0 amide bonds. The molecule has 1 heterocycles. The van der Waals surface area contributed by atoms with E-state index < -0.39 is 5.92 Å². The van der Waals surface area contributed by atoms with E-state index in [2.05, 4.69) is 31.7 Å². The van der Waals surface area contributed by atoms with Gasteiger partial charge in [-0.2, -0.15) is 0 Å². The van der Waals surface area contributed by atoms with Crippen LogP contribution in [0, 0.1) is 0 Å². The summed E-state index contributed by atoms with van der Waals surface area (Å²) in [4.78, 5) is 2.17. The monoisotopic (exact) mass is 279 g/mol. The molecule has 110 valence electrons. The highest BCUT2D eigenvalue weighted by atomic mass is 19.3. The molecule has 0 spiro atoms. The minimum atomic E-state index is -2.55. The molecule has 0 radical (unpaired) electrons. The fourth-order valence-corrected chi connectivity index (χ4v) is 3.71. The summed E-state index contributed by atoms with van der Waals surface area (Å²) in [5.74, 6) is -2.56. The maximum atomic E-state index is 14.0. The Bertz CT molecular complexity index is 543. The lowest BCUT2D eigenvalue weighted by atomic mass is 9.73. The lowest BCUT2D eigenvalue weighted by Gasteiger charge is -2.40. The third-order valence-electron chi connectivity index (χ3n) is 4.59. The number of hydrogen-bond donors (Lipinski definition) is 0. The number of likely N-dealkylation sites (N-methyl/N-ethyl adjacent to an activating group) is 1. The Morgan fingerprint density at radius 1 is 1.20 bits per heavy atom. The van der Waals surface area contributed by atoms with Crippen LogP contribution in [-0.4, -0.2) is 24.4 Å². The Balaban J connectivity index is 2.17. The highest BCUT2D eigenvalue weighted by Gasteiger charge is 2.42. The zero-order valence-corrected chi connectivity index (χ0v) is 12.8. The first-order valence-corrected chi connectivity index (χ1v) is 7.38. The van der Waals surface area contributed by atoms with Crippen molar-refractivity contribution in [3.8, 4) is 0 Å². The molecule has 1 nitrogen and oxygen atoms in total. The van der Waals surface area contributed by atoms with Crippen LogP contribution in [-0.2, 0) is 18.4 Å². The van der Waals surface area contributed by atoms with E-state index in [-0.39, 0.29) is 24.2 Å². The molecule has 0 unspecified atom stereocenters. The number of rotatable bonds is 0. The number of hydrogen-bond acceptors (Lipinski definition) is 1. The molecule has 2 aliphatic rings. The van der Waals surface area contributed by atoms with Crippen LogP contribution in [0.25, 0.3) is 0 Å². The first-order valence-electron chi connectivity index (χ1n) is 7.38. The molecule has 3 rings (SSSR count). The van der Waals surface area contributed by atoms with Gasteiger partial charge in [0.2, 0.25) is 0 Å². The van der Waals surface area contributed by atoms with Gasteiger partial charge in [-0.15, -0.1) is 0 Å². The fourth-order valence-electron chi connectivity index (χ4n) is 3.71. The third-order valence-corrected chi connectivity index (χ3v) is 4.59. The van der Waals surface area contributed by atoms with E-state index in [1.54, 1.807) is 0 Å². The van der Waals surface area contributed by atoms with E-state index in [9.17, 15) is 8.78 Å². The lowest BCUT2D eigenvalue weighted by molar-refractivity contribution is -0.0252. The van der Waals surface area contributed by atoms with E-state index in [0.29, 0.717) is 0 Å². The van der Waals surface area contributed by atoms with E-state index >= 15 is 0 Å². The zero-order valence-electron chi connectivity index (χ0n) is 12.8. The van der Waals surface area contributed by atoms with E-state index in [1.807, 2.05) is 13.1 Å². The van der Waals surface area contributed by atoms with Crippen LogP contribution in [0.5, 0.6) is 0 Å². The number of alkyl halides is 2. The fraction of sp³-hybridized carbons (Fsp3) is 0.647. The van der Waals surface area contributed by atoms with E-state index in [1.165, 1.54) is 16.7 Å². The Morgan fingerprint density at radius 2 is 1.85 bits per heavy atom. The minimum absolute atomic E-state index is 0.00322. The molecule has 1 aromatic carbocycles. The maximum Gasteiger partial charge on any atom is 0.252 e. The molecular formula is C17H23F2N. The quantitative estimate of drug-likeness (QED) is 0.691. The van der Waals surface area contributed by atoms with Crippen molar-refractivity contribution in [2.75, 3.05) is 13.6 Å². The topological polar surface area (TPSA) is 3.24 Å². The van der Waals surface area contributed by atoms with Crippen molar-refractivity contribution in [1.29, 1.82) is 0 Å². The van der Waals surface area contributed by atoms with Gasteiger partial charge >= 0.3 is 0 Å². The second-order valence-corrected chi connectivity index (χ2v) is 7.59. The predicted molar refractivity (Wildman–Crippen MR) is 77.5 cm³/mol. The summed E-state index contributed by atoms with van der Waals surface area (Å²) in [6, 6.07) is 4.27. The largest absolute Gasteiger partial charge is 0.301 e. The molecule has 1 aliphatic carbocycles. The van der Waals surface area contributed by atoms with Gasteiger partial charge in [0.1, 0.15) is 0 Å². The second kappa shape index (κ2) is 4.27. The Kier molecular flexibility index (Phi) is 2.99. The molecule has 0 saturated carbocycles. The molecule has 3 heteroatoms. The van der Waals surface area contributed by atoms with Gasteiger partial charge < -0.3 is 4.90 Å². The van der Waals surface area contributed by atoms with Gasteiger partial charge in [0.05, 0.1) is 0 Å². The number of benzene rings is 1.